The smallest absolute Gasteiger partial charge is 0.230 e. The lowest BCUT2D eigenvalue weighted by molar-refractivity contribution is -0.115. The number of hydrogen-bond donors (Lipinski definition) is 1. The molecule has 2 N–H and O–H groups in total. The van der Waals surface area contributed by atoms with Gasteiger partial charge < -0.3 is 5.73 Å². The normalized spacial score (nSPS) is 12.0. The summed E-state index contributed by atoms with van der Waals surface area (Å²) >= 11 is 1.69. The standard InChI is InChI=1S/C16H17NO2S2/c1-20-14-8-6-12(7-9-14)15-5-3-2-4-13(15)10-21(19)11-16(17)18/h2-9H,10-11H2,1H3,(H2,17,18)/t21-/m1/s1. The lowest BCUT2D eigenvalue weighted by Crippen LogP contribution is -2.20. The maximum Gasteiger partial charge on any atom is 0.230 e. The van der Waals surface area contributed by atoms with Crippen LogP contribution in [-0.2, 0) is 21.3 Å². The van der Waals surface area contributed by atoms with E-state index < -0.39 is 16.7 Å². The number of thioether (sulfide) groups is 1. The Morgan fingerprint density at radius 1 is 1.14 bits per heavy atom. The molecule has 2 rings (SSSR count). The minimum atomic E-state index is -1.27. The Bertz CT molecular complexity index is 654. The SMILES string of the molecule is CSc1ccc(-c2ccccc2C[S@@](=O)CC(N)=O)cc1. The van der Waals surface area contributed by atoms with Crippen LogP contribution < -0.4 is 5.73 Å². The first-order chi connectivity index (χ1) is 10.1. The van der Waals surface area contributed by atoms with Crippen LogP contribution in [0.5, 0.6) is 0 Å². The number of primary amides is 1. The van der Waals surface area contributed by atoms with Gasteiger partial charge >= 0.3 is 0 Å². The largest absolute Gasteiger partial charge is 0.369 e. The molecule has 0 radical (unpaired) electrons. The molecule has 0 bridgehead atoms. The van der Waals surface area contributed by atoms with Crippen LogP contribution in [0.1, 0.15) is 5.56 Å². The molecule has 0 saturated heterocycles. The van der Waals surface area contributed by atoms with Crippen LogP contribution in [0.25, 0.3) is 11.1 Å². The summed E-state index contributed by atoms with van der Waals surface area (Å²) in [5.41, 5.74) is 8.19. The van der Waals surface area contributed by atoms with Crippen molar-refractivity contribution in [3.05, 3.63) is 54.1 Å². The summed E-state index contributed by atoms with van der Waals surface area (Å²) in [7, 11) is -1.27. The van der Waals surface area contributed by atoms with Gasteiger partial charge in [-0.3, -0.25) is 9.00 Å². The highest BCUT2D eigenvalue weighted by Gasteiger charge is 2.10. The van der Waals surface area contributed by atoms with E-state index in [4.69, 9.17) is 5.73 Å². The zero-order valence-corrected chi connectivity index (χ0v) is 13.4. The van der Waals surface area contributed by atoms with E-state index in [0.29, 0.717) is 5.75 Å². The van der Waals surface area contributed by atoms with E-state index in [2.05, 4.69) is 24.3 Å². The number of benzene rings is 2. The second kappa shape index (κ2) is 7.43. The van der Waals surface area contributed by atoms with E-state index in [1.807, 2.05) is 30.5 Å². The molecule has 3 nitrogen and oxygen atoms in total. The van der Waals surface area contributed by atoms with Crippen LogP contribution in [-0.4, -0.2) is 22.1 Å². The molecule has 0 aliphatic rings. The third-order valence-corrected chi connectivity index (χ3v) is 5.02. The number of nitrogens with two attached hydrogens (primary N) is 1. The molecule has 5 heteroatoms. The molecule has 0 aliphatic carbocycles. The number of hydrogen-bond acceptors (Lipinski definition) is 3. The van der Waals surface area contributed by atoms with Crippen molar-refractivity contribution in [2.24, 2.45) is 5.73 Å². The van der Waals surface area contributed by atoms with Crippen LogP contribution in [0.15, 0.2) is 53.4 Å². The van der Waals surface area contributed by atoms with E-state index >= 15 is 0 Å². The molecule has 0 spiro atoms. The summed E-state index contributed by atoms with van der Waals surface area (Å²) in [6, 6.07) is 16.1. The van der Waals surface area contributed by atoms with Crippen molar-refractivity contribution >= 4 is 28.5 Å². The maximum absolute atomic E-state index is 11.9. The molecule has 110 valence electrons. The van der Waals surface area contributed by atoms with Crippen molar-refractivity contribution in [1.29, 1.82) is 0 Å². The average molecular weight is 319 g/mol. The summed E-state index contributed by atoms with van der Waals surface area (Å²) < 4.78 is 11.9. The summed E-state index contributed by atoms with van der Waals surface area (Å²) in [5.74, 6) is -0.293. The summed E-state index contributed by atoms with van der Waals surface area (Å²) in [6.45, 7) is 0. The molecule has 0 fully saturated rings. The first-order valence-corrected chi connectivity index (χ1v) is 9.17. The molecule has 0 aromatic heterocycles. The highest BCUT2D eigenvalue weighted by molar-refractivity contribution is 7.98. The molecule has 0 unspecified atom stereocenters. The van der Waals surface area contributed by atoms with Gasteiger partial charge in [0.15, 0.2) is 0 Å². The van der Waals surface area contributed by atoms with Crippen molar-refractivity contribution in [3.8, 4) is 11.1 Å². The Labute approximate surface area is 131 Å². The minimum absolute atomic E-state index is 0.0975. The van der Waals surface area contributed by atoms with Gasteiger partial charge in [0.05, 0.1) is 0 Å². The average Bonchev–Trinajstić information content (AvgIpc) is 2.47. The lowest BCUT2D eigenvalue weighted by Gasteiger charge is -2.10. The van der Waals surface area contributed by atoms with Crippen molar-refractivity contribution in [2.45, 2.75) is 10.6 Å². The van der Waals surface area contributed by atoms with Crippen molar-refractivity contribution in [1.82, 2.24) is 0 Å². The van der Waals surface area contributed by atoms with Gasteiger partial charge in [-0.2, -0.15) is 0 Å². The van der Waals surface area contributed by atoms with Crippen LogP contribution in [0.2, 0.25) is 0 Å². The van der Waals surface area contributed by atoms with Gasteiger partial charge in [-0.25, -0.2) is 0 Å². The van der Waals surface area contributed by atoms with Gasteiger partial charge in [-0.15, -0.1) is 11.8 Å². The molecule has 0 heterocycles. The van der Waals surface area contributed by atoms with Crippen LogP contribution >= 0.6 is 11.8 Å². The Morgan fingerprint density at radius 3 is 2.43 bits per heavy atom. The molecular formula is C16H17NO2S2. The van der Waals surface area contributed by atoms with Gasteiger partial charge in [0.1, 0.15) is 5.75 Å². The minimum Gasteiger partial charge on any atom is -0.369 e. The van der Waals surface area contributed by atoms with Gasteiger partial charge in [-0.05, 0) is 35.1 Å². The van der Waals surface area contributed by atoms with Crippen molar-refractivity contribution in [2.75, 3.05) is 12.0 Å². The van der Waals surface area contributed by atoms with E-state index in [9.17, 15) is 9.00 Å². The second-order valence-electron chi connectivity index (χ2n) is 4.58. The van der Waals surface area contributed by atoms with E-state index in [0.717, 1.165) is 16.7 Å². The number of rotatable bonds is 6. The zero-order chi connectivity index (χ0) is 15.2. The molecule has 2 aromatic carbocycles. The van der Waals surface area contributed by atoms with Crippen LogP contribution in [0.3, 0.4) is 0 Å². The fourth-order valence-corrected chi connectivity index (χ4v) is 3.51. The lowest BCUT2D eigenvalue weighted by atomic mass is 10.0. The Balaban J connectivity index is 2.27. The van der Waals surface area contributed by atoms with Crippen LogP contribution in [0, 0.1) is 0 Å². The molecule has 2 aromatic rings. The van der Waals surface area contributed by atoms with E-state index in [-0.39, 0.29) is 5.75 Å². The fourth-order valence-electron chi connectivity index (χ4n) is 2.08. The highest BCUT2D eigenvalue weighted by atomic mass is 32.2. The highest BCUT2D eigenvalue weighted by Crippen LogP contribution is 2.26. The van der Waals surface area contributed by atoms with Crippen molar-refractivity contribution in [3.63, 3.8) is 0 Å². The third-order valence-electron chi connectivity index (χ3n) is 3.04. The maximum atomic E-state index is 11.9. The molecule has 0 saturated carbocycles. The summed E-state index contributed by atoms with van der Waals surface area (Å²) in [4.78, 5) is 12.1. The number of carbonyl (C=O) groups is 1. The molecular weight excluding hydrogens is 302 g/mol. The molecule has 1 amide bonds. The quantitative estimate of drug-likeness (QED) is 0.833. The topological polar surface area (TPSA) is 60.2 Å². The monoisotopic (exact) mass is 319 g/mol. The van der Waals surface area contributed by atoms with Gasteiger partial charge in [0.2, 0.25) is 5.91 Å². The third kappa shape index (κ3) is 4.44. The Hall–Kier alpha value is -1.59. The molecule has 0 aliphatic heterocycles. The van der Waals surface area contributed by atoms with Gasteiger partial charge in [0, 0.05) is 21.4 Å². The Kier molecular flexibility index (Phi) is 5.59. The second-order valence-corrected chi connectivity index (χ2v) is 6.92. The predicted octanol–water partition coefficient (Wildman–Crippen LogP) is 2.81. The fraction of sp³-hybridized carbons (Fsp3) is 0.188. The van der Waals surface area contributed by atoms with Gasteiger partial charge in [-0.1, -0.05) is 36.4 Å². The first kappa shape index (κ1) is 15.8. The molecule has 21 heavy (non-hydrogen) atoms. The van der Waals surface area contributed by atoms with Gasteiger partial charge in [0.25, 0.3) is 0 Å². The van der Waals surface area contributed by atoms with E-state index in [1.165, 1.54) is 4.90 Å². The summed E-state index contributed by atoms with van der Waals surface area (Å²) in [6.07, 6.45) is 2.04. The summed E-state index contributed by atoms with van der Waals surface area (Å²) in [5, 5.41) is 0. The zero-order valence-electron chi connectivity index (χ0n) is 11.7. The van der Waals surface area contributed by atoms with Crippen LogP contribution in [0.4, 0.5) is 0 Å². The predicted molar refractivity (Wildman–Crippen MR) is 89.6 cm³/mol. The number of carbonyl (C=O) groups excluding carboxylic acids is 1. The van der Waals surface area contributed by atoms with Crippen molar-refractivity contribution < 1.29 is 9.00 Å². The molecule has 1 atom stereocenters. The number of amides is 1. The Morgan fingerprint density at radius 2 is 1.81 bits per heavy atom. The first-order valence-electron chi connectivity index (χ1n) is 6.46. The van der Waals surface area contributed by atoms with E-state index in [1.54, 1.807) is 11.8 Å².